The maximum atomic E-state index is 12.1. The minimum absolute atomic E-state index is 0.0512. The summed E-state index contributed by atoms with van der Waals surface area (Å²) in [6.45, 7) is 9.71. The lowest BCUT2D eigenvalue weighted by Crippen LogP contribution is -2.52. The van der Waals surface area contributed by atoms with Gasteiger partial charge in [0.1, 0.15) is 13.2 Å². The molecule has 7 nitrogen and oxygen atoms in total. The lowest BCUT2D eigenvalue weighted by Gasteiger charge is -2.39. The maximum absolute atomic E-state index is 12.1. The first kappa shape index (κ1) is 47.3. The fourth-order valence-electron chi connectivity index (χ4n) is 7.21. The number of carbonyl (C=O) groups is 2. The van der Waals surface area contributed by atoms with Crippen molar-refractivity contribution in [1.82, 2.24) is 14.7 Å². The Bertz CT molecular complexity index is 801. The van der Waals surface area contributed by atoms with Crippen LogP contribution in [0.3, 0.4) is 0 Å². The predicted molar refractivity (Wildman–Crippen MR) is 217 cm³/mol. The highest BCUT2D eigenvalue weighted by Crippen LogP contribution is 2.24. The molecular formula is C44H83N3O4. The molecule has 1 fully saturated rings. The average molecular weight is 718 g/mol. The van der Waals surface area contributed by atoms with E-state index in [9.17, 15) is 9.59 Å². The number of esters is 2. The molecule has 0 spiro atoms. The van der Waals surface area contributed by atoms with Gasteiger partial charge in [0.05, 0.1) is 20.0 Å². The molecule has 0 aromatic carbocycles. The molecule has 0 aliphatic carbocycles. The second kappa shape index (κ2) is 35.3. The Morgan fingerprint density at radius 1 is 0.510 bits per heavy atom. The van der Waals surface area contributed by atoms with Crippen LogP contribution in [-0.4, -0.2) is 80.5 Å². The van der Waals surface area contributed by atoms with Crippen LogP contribution >= 0.6 is 0 Å². The number of ether oxygens (including phenoxy) is 2. The van der Waals surface area contributed by atoms with Crippen molar-refractivity contribution >= 4 is 11.9 Å². The van der Waals surface area contributed by atoms with E-state index in [2.05, 4.69) is 54.8 Å². The van der Waals surface area contributed by atoms with Gasteiger partial charge in [-0.3, -0.25) is 24.3 Å². The molecule has 0 saturated carbocycles. The summed E-state index contributed by atoms with van der Waals surface area (Å²) in [7, 11) is 4.42. The third-order valence-corrected chi connectivity index (χ3v) is 10.2. The zero-order valence-electron chi connectivity index (χ0n) is 34.2. The van der Waals surface area contributed by atoms with E-state index in [1.165, 1.54) is 129 Å². The molecule has 0 N–H and O–H groups in total. The molecule has 0 unspecified atom stereocenters. The lowest BCUT2D eigenvalue weighted by atomic mass is 9.90. The summed E-state index contributed by atoms with van der Waals surface area (Å²) in [6, 6.07) is 0. The van der Waals surface area contributed by atoms with Crippen molar-refractivity contribution in [2.24, 2.45) is 5.92 Å². The number of rotatable bonds is 35. The van der Waals surface area contributed by atoms with Crippen LogP contribution in [-0.2, 0) is 19.1 Å². The number of hydrogen-bond acceptors (Lipinski definition) is 7. The Hall–Kier alpha value is -1.70. The van der Waals surface area contributed by atoms with Crippen LogP contribution in [0.4, 0.5) is 0 Å². The van der Waals surface area contributed by atoms with E-state index in [1.807, 2.05) is 12.2 Å². The minimum Gasteiger partial charge on any atom is -0.461 e. The molecule has 1 rings (SSSR count). The van der Waals surface area contributed by atoms with Gasteiger partial charge in [0.25, 0.3) is 0 Å². The molecule has 1 aliphatic heterocycles. The van der Waals surface area contributed by atoms with Gasteiger partial charge < -0.3 is 9.47 Å². The van der Waals surface area contributed by atoms with Crippen LogP contribution in [0.15, 0.2) is 24.3 Å². The summed E-state index contributed by atoms with van der Waals surface area (Å²) < 4.78 is 10.8. The Balaban J connectivity index is 2.21. The van der Waals surface area contributed by atoms with Crippen molar-refractivity contribution in [2.45, 2.75) is 187 Å². The third kappa shape index (κ3) is 31.5. The van der Waals surface area contributed by atoms with Crippen LogP contribution in [0.25, 0.3) is 0 Å². The van der Waals surface area contributed by atoms with Gasteiger partial charge in [0.15, 0.2) is 0 Å². The van der Waals surface area contributed by atoms with E-state index >= 15 is 0 Å². The zero-order valence-corrected chi connectivity index (χ0v) is 34.2. The van der Waals surface area contributed by atoms with Crippen LogP contribution < -0.4 is 0 Å². The molecule has 298 valence electrons. The van der Waals surface area contributed by atoms with Crippen molar-refractivity contribution in [3.05, 3.63) is 24.3 Å². The van der Waals surface area contributed by atoms with Gasteiger partial charge in [-0.1, -0.05) is 154 Å². The highest BCUT2D eigenvalue weighted by atomic mass is 16.5. The second-order valence-electron chi connectivity index (χ2n) is 15.5. The van der Waals surface area contributed by atoms with E-state index in [0.717, 1.165) is 64.4 Å². The molecule has 1 aliphatic rings. The molecule has 51 heavy (non-hydrogen) atoms. The molecule has 0 aromatic heterocycles. The van der Waals surface area contributed by atoms with Crippen LogP contribution in [0.1, 0.15) is 187 Å². The SMILES string of the molecule is CCCCCC/C=C/COC(=O)CCCCCCCC(CCCCCCCC(=O)OC/C=C/CCCCCC)CCCCN1CN(C)CN(C)C1. The highest BCUT2D eigenvalue weighted by molar-refractivity contribution is 5.69. The number of nitrogens with zero attached hydrogens (tertiary/aromatic N) is 3. The monoisotopic (exact) mass is 718 g/mol. The van der Waals surface area contributed by atoms with E-state index < -0.39 is 0 Å². The van der Waals surface area contributed by atoms with Crippen molar-refractivity contribution in [3.63, 3.8) is 0 Å². The predicted octanol–water partition coefficient (Wildman–Crippen LogP) is 11.4. The van der Waals surface area contributed by atoms with Crippen molar-refractivity contribution in [3.8, 4) is 0 Å². The third-order valence-electron chi connectivity index (χ3n) is 10.2. The Morgan fingerprint density at radius 2 is 0.922 bits per heavy atom. The molecule has 0 amide bonds. The summed E-state index contributed by atoms with van der Waals surface area (Å²) >= 11 is 0. The largest absolute Gasteiger partial charge is 0.461 e. The Morgan fingerprint density at radius 3 is 1.39 bits per heavy atom. The minimum atomic E-state index is -0.0512. The summed E-state index contributed by atoms with van der Waals surface area (Å²) in [5.74, 6) is 0.718. The van der Waals surface area contributed by atoms with E-state index in [1.54, 1.807) is 0 Å². The average Bonchev–Trinajstić information content (AvgIpc) is 3.10. The maximum Gasteiger partial charge on any atom is 0.306 e. The summed E-state index contributed by atoms with van der Waals surface area (Å²) in [6.07, 6.45) is 40.1. The molecule has 1 heterocycles. The van der Waals surface area contributed by atoms with Crippen molar-refractivity contribution in [1.29, 1.82) is 0 Å². The van der Waals surface area contributed by atoms with Crippen LogP contribution in [0, 0.1) is 5.92 Å². The highest BCUT2D eigenvalue weighted by Gasteiger charge is 2.17. The van der Waals surface area contributed by atoms with Crippen LogP contribution in [0.5, 0.6) is 0 Å². The van der Waals surface area contributed by atoms with Gasteiger partial charge in [-0.15, -0.1) is 0 Å². The second-order valence-corrected chi connectivity index (χ2v) is 15.5. The van der Waals surface area contributed by atoms with Gasteiger partial charge in [0, 0.05) is 19.4 Å². The van der Waals surface area contributed by atoms with Gasteiger partial charge >= 0.3 is 11.9 Å². The summed E-state index contributed by atoms with van der Waals surface area (Å²) in [5.41, 5.74) is 0. The van der Waals surface area contributed by atoms with Gasteiger partial charge in [-0.2, -0.15) is 0 Å². The molecule has 0 atom stereocenters. The first-order valence-electron chi connectivity index (χ1n) is 21.6. The topological polar surface area (TPSA) is 62.3 Å². The van der Waals surface area contributed by atoms with Gasteiger partial charge in [-0.25, -0.2) is 0 Å². The smallest absolute Gasteiger partial charge is 0.306 e. The molecule has 0 bridgehead atoms. The van der Waals surface area contributed by atoms with E-state index in [0.29, 0.717) is 26.1 Å². The Kier molecular flexibility index (Phi) is 32.8. The summed E-state index contributed by atoms with van der Waals surface area (Å²) in [4.78, 5) is 31.5. The number of unbranched alkanes of at least 4 members (excludes halogenated alkanes) is 17. The molecule has 0 aromatic rings. The fraction of sp³-hybridized carbons (Fsp3) is 0.864. The Labute approximate surface area is 316 Å². The quantitative estimate of drug-likeness (QED) is 0.0367. The summed E-state index contributed by atoms with van der Waals surface area (Å²) in [5, 5.41) is 0. The van der Waals surface area contributed by atoms with Crippen molar-refractivity contribution < 1.29 is 19.1 Å². The van der Waals surface area contributed by atoms with E-state index in [-0.39, 0.29) is 11.9 Å². The number of allylic oxidation sites excluding steroid dienone is 2. The molecule has 0 radical (unpaired) electrons. The first-order valence-corrected chi connectivity index (χ1v) is 21.6. The van der Waals surface area contributed by atoms with Gasteiger partial charge in [-0.05, 0) is 65.0 Å². The number of hydrogen-bond donors (Lipinski definition) is 0. The van der Waals surface area contributed by atoms with E-state index in [4.69, 9.17) is 9.47 Å². The van der Waals surface area contributed by atoms with Crippen LogP contribution in [0.2, 0.25) is 0 Å². The molecule has 7 heteroatoms. The first-order chi connectivity index (χ1) is 24.9. The fourth-order valence-corrected chi connectivity index (χ4v) is 7.21. The van der Waals surface area contributed by atoms with Gasteiger partial charge in [0.2, 0.25) is 0 Å². The normalized spacial score (nSPS) is 14.8. The van der Waals surface area contributed by atoms with Crippen molar-refractivity contribution in [2.75, 3.05) is 53.9 Å². The molecule has 1 saturated heterocycles. The lowest BCUT2D eigenvalue weighted by molar-refractivity contribution is -0.143. The number of carbonyl (C=O) groups excluding carboxylic acids is 2. The standard InChI is InChI=1S/C44H83N3O4/c1-5-7-9-11-13-21-29-37-50-43(48)34-25-19-15-17-23-31-42(33-27-28-36-47-40-45(3)39-46(4)41-47)32-24-18-16-20-26-35-44(49)51-38-30-22-14-12-10-8-6-2/h21-22,29-30,42H,5-20,23-28,31-41H2,1-4H3/b29-21+,30-22+. The molecular weight excluding hydrogens is 635 g/mol. The zero-order chi connectivity index (χ0) is 37.0.